The van der Waals surface area contributed by atoms with E-state index in [9.17, 15) is 35.9 Å². The van der Waals surface area contributed by atoms with Gasteiger partial charge in [0.15, 0.2) is 5.17 Å². The minimum atomic E-state index is -4.80. The summed E-state index contributed by atoms with van der Waals surface area (Å²) in [6, 6.07) is 12.4. The Bertz CT molecular complexity index is 2000. The molecule has 8 nitrogen and oxygen atoms in total. The third-order valence-corrected chi connectivity index (χ3v) is 7.55. The van der Waals surface area contributed by atoms with Crippen LogP contribution in [-0.2, 0) is 11.0 Å². The molecule has 3 aromatic carbocycles. The first-order chi connectivity index (χ1) is 20.9. The lowest BCUT2D eigenvalue weighted by Gasteiger charge is -2.20. The zero-order valence-corrected chi connectivity index (χ0v) is 22.9. The van der Waals surface area contributed by atoms with Crippen LogP contribution in [0.5, 0.6) is 5.75 Å². The Morgan fingerprint density at radius 2 is 1.70 bits per heavy atom. The molecule has 0 radical (unpaired) electrons. The summed E-state index contributed by atoms with van der Waals surface area (Å²) in [5, 5.41) is 1.24. The molecule has 0 spiro atoms. The molecule has 1 aromatic heterocycles. The van der Waals surface area contributed by atoms with Gasteiger partial charge in [-0.1, -0.05) is 36.0 Å². The standard InChI is InChI=1S/C29H17F6N5O3S/c30-28(31,32)21-3-1-2-4-22(21)40-24(41)14-44-27(40)38-26(42)37-17-6-11-20-16(13-17)5-12-23-25(20)36-15-39(23)18-7-9-19(10-8-18)43-29(33,34)35/h1-5,7-13,15H,6,14H2/b37-17-,38-27-. The quantitative estimate of drug-likeness (QED) is 0.275. The average molecular weight is 630 g/mol. The number of nitrogens with zero attached hydrogens (tertiary/aromatic N) is 5. The van der Waals surface area contributed by atoms with Gasteiger partial charge in [-0.25, -0.2) is 9.78 Å². The second-order valence-electron chi connectivity index (χ2n) is 9.46. The van der Waals surface area contributed by atoms with Gasteiger partial charge in [0.1, 0.15) is 12.1 Å². The summed E-state index contributed by atoms with van der Waals surface area (Å²) in [6.07, 6.45) is -4.33. The number of para-hydroxylation sites is 1. The maximum atomic E-state index is 13.6. The highest BCUT2D eigenvalue weighted by atomic mass is 32.2. The van der Waals surface area contributed by atoms with Gasteiger partial charge in [-0.15, -0.1) is 13.2 Å². The number of amides is 3. The van der Waals surface area contributed by atoms with Crippen LogP contribution >= 0.6 is 11.8 Å². The number of thioether (sulfide) groups is 1. The van der Waals surface area contributed by atoms with Gasteiger partial charge in [0.2, 0.25) is 5.91 Å². The number of aromatic nitrogens is 2. The molecule has 3 amide bonds. The van der Waals surface area contributed by atoms with E-state index in [4.69, 9.17) is 0 Å². The molecule has 6 rings (SSSR count). The van der Waals surface area contributed by atoms with Crippen molar-refractivity contribution < 1.29 is 40.7 Å². The van der Waals surface area contributed by atoms with Gasteiger partial charge in [0, 0.05) is 17.3 Å². The highest BCUT2D eigenvalue weighted by Gasteiger charge is 2.39. The number of ether oxygens (including phenoxy) is 1. The van der Waals surface area contributed by atoms with Crippen molar-refractivity contribution in [1.82, 2.24) is 9.55 Å². The van der Waals surface area contributed by atoms with E-state index in [1.807, 2.05) is 0 Å². The van der Waals surface area contributed by atoms with Crippen molar-refractivity contribution in [3.05, 3.63) is 83.0 Å². The maximum Gasteiger partial charge on any atom is 0.573 e. The minimum Gasteiger partial charge on any atom is -0.406 e. The van der Waals surface area contributed by atoms with Gasteiger partial charge in [0.05, 0.1) is 33.7 Å². The lowest BCUT2D eigenvalue weighted by Crippen LogP contribution is -2.32. The maximum absolute atomic E-state index is 13.6. The van der Waals surface area contributed by atoms with Crippen molar-refractivity contribution in [2.24, 2.45) is 9.98 Å². The van der Waals surface area contributed by atoms with Crippen molar-refractivity contribution in [2.45, 2.75) is 19.0 Å². The number of alkyl halides is 6. The molecule has 2 heterocycles. The molecule has 1 aliphatic carbocycles. The SMILES string of the molecule is O=C(/N=C1\C=c2ccc3c(ncn3-c3ccc(OC(F)(F)F)cc3)c2=CC1)/N=C1\SCC(=O)N1c1ccccc1C(F)(F)F. The van der Waals surface area contributed by atoms with Crippen molar-refractivity contribution in [3.63, 3.8) is 0 Å². The van der Waals surface area contributed by atoms with Crippen molar-refractivity contribution >= 4 is 63.5 Å². The molecular weight excluding hydrogens is 612 g/mol. The Morgan fingerprint density at radius 3 is 2.43 bits per heavy atom. The Labute approximate surface area is 247 Å². The van der Waals surface area contributed by atoms with Crippen LogP contribution in [0.25, 0.3) is 28.9 Å². The second-order valence-corrected chi connectivity index (χ2v) is 10.4. The predicted molar refractivity (Wildman–Crippen MR) is 152 cm³/mol. The molecule has 0 N–H and O–H groups in total. The second kappa shape index (κ2) is 11.0. The minimum absolute atomic E-state index is 0.184. The van der Waals surface area contributed by atoms with Crippen LogP contribution in [0.3, 0.4) is 0 Å². The van der Waals surface area contributed by atoms with Gasteiger partial charge in [-0.2, -0.15) is 23.2 Å². The Balaban J connectivity index is 1.27. The van der Waals surface area contributed by atoms with Crippen LogP contribution in [0.4, 0.5) is 36.8 Å². The van der Waals surface area contributed by atoms with E-state index < -0.39 is 35.7 Å². The first-order valence-corrected chi connectivity index (χ1v) is 13.7. The number of urea groups is 1. The number of amidine groups is 1. The van der Waals surface area contributed by atoms with Crippen LogP contribution in [0, 0.1) is 0 Å². The molecule has 4 aromatic rings. The number of fused-ring (bicyclic) bond motifs is 3. The van der Waals surface area contributed by atoms with E-state index in [1.165, 1.54) is 42.7 Å². The van der Waals surface area contributed by atoms with E-state index in [1.54, 1.807) is 28.9 Å². The number of benzene rings is 3. The molecule has 1 fully saturated rings. The van der Waals surface area contributed by atoms with Crippen molar-refractivity contribution in [3.8, 4) is 11.4 Å². The molecule has 44 heavy (non-hydrogen) atoms. The molecule has 224 valence electrons. The largest absolute Gasteiger partial charge is 0.573 e. The highest BCUT2D eigenvalue weighted by Crippen LogP contribution is 2.39. The number of anilines is 1. The van der Waals surface area contributed by atoms with Gasteiger partial charge in [-0.05, 0) is 53.8 Å². The predicted octanol–water partition coefficient (Wildman–Crippen LogP) is 5.60. The van der Waals surface area contributed by atoms with E-state index >= 15 is 0 Å². The molecule has 0 saturated carbocycles. The lowest BCUT2D eigenvalue weighted by atomic mass is 10.0. The van der Waals surface area contributed by atoms with Gasteiger partial charge in [0.25, 0.3) is 0 Å². The van der Waals surface area contributed by atoms with E-state index in [-0.39, 0.29) is 23.1 Å². The number of imidazole rings is 1. The molecule has 0 unspecified atom stereocenters. The number of hydrogen-bond donors (Lipinski definition) is 0. The van der Waals surface area contributed by atoms with Gasteiger partial charge < -0.3 is 4.74 Å². The summed E-state index contributed by atoms with van der Waals surface area (Å²) in [7, 11) is 0. The fourth-order valence-electron chi connectivity index (χ4n) is 4.82. The topological polar surface area (TPSA) is 89.1 Å². The fourth-order valence-corrected chi connectivity index (χ4v) is 5.67. The number of rotatable bonds is 3. The summed E-state index contributed by atoms with van der Waals surface area (Å²) in [5.74, 6) is -1.18. The smallest absolute Gasteiger partial charge is 0.406 e. The zero-order valence-electron chi connectivity index (χ0n) is 22.1. The molecule has 0 atom stereocenters. The molecular formula is C29H17F6N5O3S. The zero-order chi connectivity index (χ0) is 31.2. The number of halogens is 6. The summed E-state index contributed by atoms with van der Waals surface area (Å²) in [4.78, 5) is 38.3. The van der Waals surface area contributed by atoms with E-state index in [0.29, 0.717) is 27.7 Å². The molecule has 1 aliphatic heterocycles. The number of aliphatic imine (C=N–C) groups is 2. The van der Waals surface area contributed by atoms with Crippen molar-refractivity contribution in [1.29, 1.82) is 0 Å². The number of carbonyl (C=O) groups excluding carboxylic acids is 2. The number of carbonyl (C=O) groups is 2. The molecule has 2 aliphatic rings. The van der Waals surface area contributed by atoms with Crippen LogP contribution in [-0.4, -0.2) is 44.5 Å². The monoisotopic (exact) mass is 629 g/mol. The summed E-state index contributed by atoms with van der Waals surface area (Å²) in [6.45, 7) is 0. The Hall–Kier alpha value is -4.92. The van der Waals surface area contributed by atoms with Crippen LogP contribution in [0.2, 0.25) is 0 Å². The van der Waals surface area contributed by atoms with E-state index in [0.717, 1.165) is 34.0 Å². The van der Waals surface area contributed by atoms with Gasteiger partial charge in [-0.3, -0.25) is 14.3 Å². The fraction of sp³-hybridized carbons (Fsp3) is 0.138. The average Bonchev–Trinajstić information content (AvgIpc) is 3.55. The first kappa shape index (κ1) is 29.2. The molecule has 0 bridgehead atoms. The third-order valence-electron chi connectivity index (χ3n) is 6.62. The Kier molecular flexibility index (Phi) is 7.27. The Morgan fingerprint density at radius 1 is 0.955 bits per heavy atom. The molecule has 15 heteroatoms. The van der Waals surface area contributed by atoms with Gasteiger partial charge >= 0.3 is 18.6 Å². The summed E-state index contributed by atoms with van der Waals surface area (Å²) in [5.41, 5.74) is 0.735. The summed E-state index contributed by atoms with van der Waals surface area (Å²) < 4.78 is 83.8. The summed E-state index contributed by atoms with van der Waals surface area (Å²) >= 11 is 0.840. The van der Waals surface area contributed by atoms with Crippen LogP contribution in [0.15, 0.2) is 77.0 Å². The third kappa shape index (κ3) is 5.82. The lowest BCUT2D eigenvalue weighted by molar-refractivity contribution is -0.274. The van der Waals surface area contributed by atoms with Crippen LogP contribution < -0.4 is 20.1 Å². The normalized spacial score (nSPS) is 17.1. The van der Waals surface area contributed by atoms with Crippen molar-refractivity contribution in [2.75, 3.05) is 10.7 Å². The van der Waals surface area contributed by atoms with E-state index in [2.05, 4.69) is 19.7 Å². The van der Waals surface area contributed by atoms with Crippen LogP contribution in [0.1, 0.15) is 12.0 Å². The number of hydrogen-bond acceptors (Lipinski definition) is 5. The first-order valence-electron chi connectivity index (χ1n) is 12.7. The highest BCUT2D eigenvalue weighted by molar-refractivity contribution is 8.15. The molecule has 1 saturated heterocycles.